The molecule has 5 nitrogen and oxygen atoms in total. The number of carboxylic acids is 1. The average Bonchev–Trinajstić information content (AvgIpc) is 2.34. The van der Waals surface area contributed by atoms with Gasteiger partial charge >= 0.3 is 5.97 Å². The number of nitrogens with zero attached hydrogens (tertiary/aromatic N) is 1. The van der Waals surface area contributed by atoms with E-state index in [4.69, 9.17) is 5.11 Å². The maximum Gasteiger partial charge on any atom is 0.305 e. The maximum absolute atomic E-state index is 12.0. The van der Waals surface area contributed by atoms with Crippen LogP contribution in [0.1, 0.15) is 33.6 Å². The molecule has 1 rings (SSSR count). The summed E-state index contributed by atoms with van der Waals surface area (Å²) in [6.07, 6.45) is 3.92. The minimum absolute atomic E-state index is 0.0361. The minimum Gasteiger partial charge on any atom is -0.481 e. The van der Waals surface area contributed by atoms with Crippen molar-refractivity contribution in [1.82, 2.24) is 10.3 Å². The molecule has 1 heterocycles. The lowest BCUT2D eigenvalue weighted by atomic mass is 9.87. The molecule has 1 aromatic heterocycles. The third kappa shape index (κ3) is 8.34. The smallest absolute Gasteiger partial charge is 0.305 e. The van der Waals surface area contributed by atoms with Crippen molar-refractivity contribution in [3.05, 3.63) is 24.5 Å². The molecule has 1 unspecified atom stereocenters. The van der Waals surface area contributed by atoms with Crippen molar-refractivity contribution in [2.45, 2.75) is 44.6 Å². The molecule has 0 aromatic carbocycles. The van der Waals surface area contributed by atoms with Gasteiger partial charge in [-0.25, -0.2) is 0 Å². The lowest BCUT2D eigenvalue weighted by Gasteiger charge is -2.25. The standard InChI is InChI=1S/C15H22N2O3S/c1-15(2,3)9-11(8-14(19)20)17-13(18)10-21-12-4-6-16-7-5-12/h4-7,11H,8-10H2,1-3H3,(H,17,18)(H,19,20). The third-order valence-corrected chi connectivity index (χ3v) is 3.68. The molecule has 0 saturated heterocycles. The highest BCUT2D eigenvalue weighted by atomic mass is 32.2. The van der Waals surface area contributed by atoms with E-state index in [0.717, 1.165) is 4.90 Å². The van der Waals surface area contributed by atoms with E-state index in [9.17, 15) is 9.59 Å². The molecule has 6 heteroatoms. The van der Waals surface area contributed by atoms with Crippen molar-refractivity contribution < 1.29 is 14.7 Å². The summed E-state index contributed by atoms with van der Waals surface area (Å²) in [5.74, 6) is -0.775. The van der Waals surface area contributed by atoms with Gasteiger partial charge in [-0.05, 0) is 24.0 Å². The number of aromatic nitrogens is 1. The van der Waals surface area contributed by atoms with Gasteiger partial charge < -0.3 is 10.4 Å². The largest absolute Gasteiger partial charge is 0.481 e. The second-order valence-electron chi connectivity index (χ2n) is 6.10. The third-order valence-electron chi connectivity index (χ3n) is 2.66. The van der Waals surface area contributed by atoms with Gasteiger partial charge in [-0.1, -0.05) is 20.8 Å². The van der Waals surface area contributed by atoms with Gasteiger partial charge in [-0.15, -0.1) is 11.8 Å². The van der Waals surface area contributed by atoms with Crippen LogP contribution in [0.3, 0.4) is 0 Å². The predicted octanol–water partition coefficient (Wildman–Crippen LogP) is 2.57. The number of hydrogen-bond acceptors (Lipinski definition) is 4. The Morgan fingerprint density at radius 2 is 1.95 bits per heavy atom. The predicted molar refractivity (Wildman–Crippen MR) is 83.2 cm³/mol. The van der Waals surface area contributed by atoms with Crippen LogP contribution in [0.15, 0.2) is 29.4 Å². The molecule has 1 atom stereocenters. The number of carbonyl (C=O) groups is 2. The second-order valence-corrected chi connectivity index (χ2v) is 7.15. The van der Waals surface area contributed by atoms with Crippen LogP contribution in [0.2, 0.25) is 0 Å². The molecule has 0 aliphatic heterocycles. The fraction of sp³-hybridized carbons (Fsp3) is 0.533. The monoisotopic (exact) mass is 310 g/mol. The van der Waals surface area contributed by atoms with Crippen molar-refractivity contribution in [3.63, 3.8) is 0 Å². The minimum atomic E-state index is -0.897. The van der Waals surface area contributed by atoms with Crippen LogP contribution in [0.4, 0.5) is 0 Å². The van der Waals surface area contributed by atoms with Crippen LogP contribution >= 0.6 is 11.8 Å². The first-order valence-electron chi connectivity index (χ1n) is 6.80. The molecular weight excluding hydrogens is 288 g/mol. The second kappa shape index (κ2) is 8.02. The Bertz CT molecular complexity index is 472. The zero-order valence-electron chi connectivity index (χ0n) is 12.6. The van der Waals surface area contributed by atoms with Crippen molar-refractivity contribution in [2.24, 2.45) is 5.41 Å². The van der Waals surface area contributed by atoms with Gasteiger partial charge in [0.05, 0.1) is 12.2 Å². The quantitative estimate of drug-likeness (QED) is 0.757. The number of pyridine rings is 1. The SMILES string of the molecule is CC(C)(C)CC(CC(=O)O)NC(=O)CSc1ccncc1. The lowest BCUT2D eigenvalue weighted by Crippen LogP contribution is -2.39. The Hall–Kier alpha value is -1.56. The molecule has 2 N–H and O–H groups in total. The summed E-state index contributed by atoms with van der Waals surface area (Å²) in [4.78, 5) is 27.7. The van der Waals surface area contributed by atoms with Crippen LogP contribution in [-0.2, 0) is 9.59 Å². The van der Waals surface area contributed by atoms with Crippen LogP contribution in [-0.4, -0.2) is 33.8 Å². The van der Waals surface area contributed by atoms with Crippen molar-refractivity contribution in [3.8, 4) is 0 Å². The summed E-state index contributed by atoms with van der Waals surface area (Å²) in [6, 6.07) is 3.33. The van der Waals surface area contributed by atoms with E-state index < -0.39 is 5.97 Å². The number of rotatable bonds is 7. The topological polar surface area (TPSA) is 79.3 Å². The lowest BCUT2D eigenvalue weighted by molar-refractivity contribution is -0.137. The van der Waals surface area contributed by atoms with Gasteiger partial charge in [0.2, 0.25) is 5.91 Å². The summed E-state index contributed by atoms with van der Waals surface area (Å²) in [5, 5.41) is 11.8. The first-order valence-corrected chi connectivity index (χ1v) is 7.79. The van der Waals surface area contributed by atoms with E-state index in [1.807, 2.05) is 32.9 Å². The van der Waals surface area contributed by atoms with E-state index in [1.165, 1.54) is 11.8 Å². The molecule has 116 valence electrons. The van der Waals surface area contributed by atoms with E-state index in [0.29, 0.717) is 6.42 Å². The van der Waals surface area contributed by atoms with Crippen molar-refractivity contribution in [1.29, 1.82) is 0 Å². The van der Waals surface area contributed by atoms with Gasteiger partial charge in [0, 0.05) is 23.3 Å². The fourth-order valence-corrected chi connectivity index (χ4v) is 2.67. The number of nitrogens with one attached hydrogen (secondary N) is 1. The first kappa shape index (κ1) is 17.5. The zero-order chi connectivity index (χ0) is 15.9. The summed E-state index contributed by atoms with van der Waals surface area (Å²) in [7, 11) is 0. The molecular formula is C15H22N2O3S. The highest BCUT2D eigenvalue weighted by Crippen LogP contribution is 2.22. The average molecular weight is 310 g/mol. The molecule has 0 aliphatic rings. The molecule has 0 aliphatic carbocycles. The summed E-state index contributed by atoms with van der Waals surface area (Å²) >= 11 is 1.41. The number of amides is 1. The number of hydrogen-bond donors (Lipinski definition) is 2. The van der Waals surface area contributed by atoms with Crippen LogP contribution in [0, 0.1) is 5.41 Å². The van der Waals surface area contributed by atoms with Crippen molar-refractivity contribution >= 4 is 23.6 Å². The Balaban J connectivity index is 2.49. The van der Waals surface area contributed by atoms with Gasteiger partial charge in [0.15, 0.2) is 0 Å². The summed E-state index contributed by atoms with van der Waals surface area (Å²) in [6.45, 7) is 6.08. The Labute approximate surface area is 129 Å². The van der Waals surface area contributed by atoms with E-state index in [1.54, 1.807) is 12.4 Å². The fourth-order valence-electron chi connectivity index (χ4n) is 1.98. The molecule has 0 bridgehead atoms. The number of thioether (sulfide) groups is 1. The number of carboxylic acid groups (broad SMARTS) is 1. The highest BCUT2D eigenvalue weighted by Gasteiger charge is 2.22. The van der Waals surface area contributed by atoms with Crippen LogP contribution < -0.4 is 5.32 Å². The van der Waals surface area contributed by atoms with Crippen LogP contribution in [0.5, 0.6) is 0 Å². The normalized spacial score (nSPS) is 12.7. The maximum atomic E-state index is 12.0. The Kier molecular flexibility index (Phi) is 6.68. The number of carbonyl (C=O) groups excluding carboxylic acids is 1. The summed E-state index contributed by atoms with van der Waals surface area (Å²) in [5.41, 5.74) is -0.0361. The zero-order valence-corrected chi connectivity index (χ0v) is 13.4. The molecule has 0 fully saturated rings. The summed E-state index contributed by atoms with van der Waals surface area (Å²) < 4.78 is 0. The van der Waals surface area contributed by atoms with Crippen LogP contribution in [0.25, 0.3) is 0 Å². The molecule has 0 saturated carbocycles. The Morgan fingerprint density at radius 1 is 1.33 bits per heavy atom. The molecule has 21 heavy (non-hydrogen) atoms. The van der Waals surface area contributed by atoms with Gasteiger partial charge in [0.25, 0.3) is 0 Å². The highest BCUT2D eigenvalue weighted by molar-refractivity contribution is 8.00. The first-order chi connectivity index (χ1) is 9.76. The molecule has 1 amide bonds. The number of aliphatic carboxylic acids is 1. The van der Waals surface area contributed by atoms with E-state index in [-0.39, 0.29) is 29.5 Å². The van der Waals surface area contributed by atoms with Crippen molar-refractivity contribution in [2.75, 3.05) is 5.75 Å². The molecule has 1 aromatic rings. The van der Waals surface area contributed by atoms with Gasteiger partial charge in [0.1, 0.15) is 0 Å². The molecule has 0 spiro atoms. The Morgan fingerprint density at radius 3 is 2.48 bits per heavy atom. The van der Waals surface area contributed by atoms with Gasteiger partial charge in [-0.3, -0.25) is 14.6 Å². The molecule has 0 radical (unpaired) electrons. The van der Waals surface area contributed by atoms with E-state index >= 15 is 0 Å². The van der Waals surface area contributed by atoms with E-state index in [2.05, 4.69) is 10.3 Å². The van der Waals surface area contributed by atoms with Gasteiger partial charge in [-0.2, -0.15) is 0 Å².